The molecular weight excluding hydrogens is 198 g/mol. The van der Waals surface area contributed by atoms with Crippen LogP contribution in [0, 0.1) is 0 Å². The molecule has 0 atom stereocenters. The van der Waals surface area contributed by atoms with E-state index in [1.165, 1.54) is 20.0 Å². The lowest BCUT2D eigenvalue weighted by Gasteiger charge is -2.08. The van der Waals surface area contributed by atoms with Gasteiger partial charge in [-0.3, -0.25) is 14.5 Å². The molecule has 14 heavy (non-hydrogen) atoms. The third-order valence-electron chi connectivity index (χ3n) is 1.74. The van der Waals surface area contributed by atoms with Crippen molar-refractivity contribution in [2.75, 3.05) is 7.05 Å². The van der Waals surface area contributed by atoms with Crippen LogP contribution >= 0.6 is 11.3 Å². The summed E-state index contributed by atoms with van der Waals surface area (Å²) in [6.45, 7) is 1.36. The second-order valence-corrected chi connectivity index (χ2v) is 3.74. The maximum atomic E-state index is 11.3. The van der Waals surface area contributed by atoms with Gasteiger partial charge in [0.1, 0.15) is 0 Å². The molecule has 4 heteroatoms. The topological polar surface area (TPSA) is 37.4 Å². The number of hydrogen-bond donors (Lipinski definition) is 0. The SMILES string of the molecule is CC(=O)N(C)C(=O)/C=C/c1cccs1. The van der Waals surface area contributed by atoms with Crippen molar-refractivity contribution in [2.24, 2.45) is 0 Å². The zero-order chi connectivity index (χ0) is 10.6. The van der Waals surface area contributed by atoms with Gasteiger partial charge in [0, 0.05) is 24.9 Å². The molecular formula is C10H11NO2S. The summed E-state index contributed by atoms with van der Waals surface area (Å²) in [6.07, 6.45) is 3.10. The number of carbonyl (C=O) groups is 2. The van der Waals surface area contributed by atoms with Gasteiger partial charge < -0.3 is 0 Å². The molecule has 0 N–H and O–H groups in total. The molecule has 0 aliphatic heterocycles. The molecule has 1 heterocycles. The van der Waals surface area contributed by atoms with Gasteiger partial charge in [-0.25, -0.2) is 0 Å². The average Bonchev–Trinajstić information content (AvgIpc) is 2.65. The van der Waals surface area contributed by atoms with E-state index in [-0.39, 0.29) is 11.8 Å². The Morgan fingerprint density at radius 1 is 1.50 bits per heavy atom. The summed E-state index contributed by atoms with van der Waals surface area (Å²) in [7, 11) is 1.46. The minimum Gasteiger partial charge on any atom is -0.282 e. The van der Waals surface area contributed by atoms with Crippen molar-refractivity contribution in [2.45, 2.75) is 6.92 Å². The fourth-order valence-electron chi connectivity index (χ4n) is 0.807. The molecule has 0 fully saturated rings. The lowest BCUT2D eigenvalue weighted by molar-refractivity contribution is -0.138. The Bertz CT molecular complexity index is 354. The first-order valence-corrected chi connectivity index (χ1v) is 4.99. The van der Waals surface area contributed by atoms with Crippen molar-refractivity contribution in [1.82, 2.24) is 4.90 Å². The first-order valence-electron chi connectivity index (χ1n) is 4.11. The molecule has 0 saturated heterocycles. The van der Waals surface area contributed by atoms with E-state index in [0.717, 1.165) is 9.78 Å². The molecule has 0 bridgehead atoms. The third-order valence-corrected chi connectivity index (χ3v) is 2.57. The van der Waals surface area contributed by atoms with Crippen LogP contribution < -0.4 is 0 Å². The largest absolute Gasteiger partial charge is 0.282 e. The highest BCUT2D eigenvalue weighted by atomic mass is 32.1. The Morgan fingerprint density at radius 3 is 2.71 bits per heavy atom. The summed E-state index contributed by atoms with van der Waals surface area (Å²) in [5.41, 5.74) is 0. The number of amides is 2. The molecule has 1 aromatic rings. The lowest BCUT2D eigenvalue weighted by atomic mass is 10.4. The maximum absolute atomic E-state index is 11.3. The monoisotopic (exact) mass is 209 g/mol. The Hall–Kier alpha value is -1.42. The number of imide groups is 1. The maximum Gasteiger partial charge on any atom is 0.252 e. The highest BCUT2D eigenvalue weighted by Gasteiger charge is 2.08. The molecule has 1 aromatic heterocycles. The minimum atomic E-state index is -0.300. The molecule has 0 saturated carbocycles. The molecule has 0 spiro atoms. The van der Waals surface area contributed by atoms with Gasteiger partial charge in [-0.1, -0.05) is 6.07 Å². The molecule has 3 nitrogen and oxygen atoms in total. The van der Waals surface area contributed by atoms with Gasteiger partial charge in [0.15, 0.2) is 0 Å². The van der Waals surface area contributed by atoms with Gasteiger partial charge in [0.05, 0.1) is 0 Å². The number of rotatable bonds is 2. The van der Waals surface area contributed by atoms with Gasteiger partial charge in [0.25, 0.3) is 5.91 Å². The fourth-order valence-corrected chi connectivity index (χ4v) is 1.42. The van der Waals surface area contributed by atoms with Crippen molar-refractivity contribution >= 4 is 29.2 Å². The smallest absolute Gasteiger partial charge is 0.252 e. The van der Waals surface area contributed by atoms with Crippen LogP contribution in [0.4, 0.5) is 0 Å². The number of nitrogens with zero attached hydrogens (tertiary/aromatic N) is 1. The summed E-state index contributed by atoms with van der Waals surface area (Å²) in [5.74, 6) is -0.559. The highest BCUT2D eigenvalue weighted by molar-refractivity contribution is 7.10. The first-order chi connectivity index (χ1) is 6.61. The molecule has 0 aliphatic carbocycles. The average molecular weight is 209 g/mol. The molecule has 0 aromatic carbocycles. The van der Waals surface area contributed by atoms with Crippen LogP contribution in [-0.4, -0.2) is 23.8 Å². The van der Waals surface area contributed by atoms with E-state index in [2.05, 4.69) is 0 Å². The van der Waals surface area contributed by atoms with Gasteiger partial charge in [-0.2, -0.15) is 0 Å². The van der Waals surface area contributed by atoms with Crippen LogP contribution in [0.15, 0.2) is 23.6 Å². The van der Waals surface area contributed by atoms with Crippen LogP contribution in [0.2, 0.25) is 0 Å². The van der Waals surface area contributed by atoms with Crippen molar-refractivity contribution < 1.29 is 9.59 Å². The summed E-state index contributed by atoms with van der Waals surface area (Å²) in [5, 5.41) is 1.93. The van der Waals surface area contributed by atoms with E-state index >= 15 is 0 Å². The standard InChI is InChI=1S/C10H11NO2S/c1-8(12)11(2)10(13)6-5-9-4-3-7-14-9/h3-7H,1-2H3/b6-5+. The van der Waals surface area contributed by atoms with E-state index in [1.54, 1.807) is 17.4 Å². The highest BCUT2D eigenvalue weighted by Crippen LogP contribution is 2.10. The van der Waals surface area contributed by atoms with E-state index in [1.807, 2.05) is 17.5 Å². The van der Waals surface area contributed by atoms with E-state index in [0.29, 0.717) is 0 Å². The molecule has 2 amide bonds. The van der Waals surface area contributed by atoms with Gasteiger partial charge in [0.2, 0.25) is 5.91 Å². The third kappa shape index (κ3) is 2.81. The van der Waals surface area contributed by atoms with Crippen molar-refractivity contribution in [3.8, 4) is 0 Å². The summed E-state index contributed by atoms with van der Waals surface area (Å²) >= 11 is 1.54. The summed E-state index contributed by atoms with van der Waals surface area (Å²) in [6, 6.07) is 3.81. The van der Waals surface area contributed by atoms with Crippen LogP contribution in [0.1, 0.15) is 11.8 Å². The first kappa shape index (κ1) is 10.7. The Labute approximate surface area is 86.7 Å². The predicted molar refractivity (Wildman–Crippen MR) is 56.8 cm³/mol. The normalized spacial score (nSPS) is 10.4. The molecule has 74 valence electrons. The molecule has 0 aliphatic rings. The number of hydrogen-bond acceptors (Lipinski definition) is 3. The van der Waals surface area contributed by atoms with Crippen molar-refractivity contribution in [3.05, 3.63) is 28.5 Å². The second-order valence-electron chi connectivity index (χ2n) is 2.77. The van der Waals surface area contributed by atoms with Crippen LogP contribution in [0.3, 0.4) is 0 Å². The fraction of sp³-hybridized carbons (Fsp3) is 0.200. The predicted octanol–water partition coefficient (Wildman–Crippen LogP) is 1.77. The zero-order valence-electron chi connectivity index (χ0n) is 8.06. The van der Waals surface area contributed by atoms with E-state index < -0.39 is 0 Å². The summed E-state index contributed by atoms with van der Waals surface area (Å²) in [4.78, 5) is 24.2. The quantitative estimate of drug-likeness (QED) is 0.696. The second kappa shape index (κ2) is 4.72. The van der Waals surface area contributed by atoms with Gasteiger partial charge in [-0.05, 0) is 17.5 Å². The zero-order valence-corrected chi connectivity index (χ0v) is 8.88. The van der Waals surface area contributed by atoms with E-state index in [4.69, 9.17) is 0 Å². The lowest BCUT2D eigenvalue weighted by Crippen LogP contribution is -2.29. The van der Waals surface area contributed by atoms with Crippen molar-refractivity contribution in [3.63, 3.8) is 0 Å². The Morgan fingerprint density at radius 2 is 2.21 bits per heavy atom. The van der Waals surface area contributed by atoms with Crippen LogP contribution in [-0.2, 0) is 9.59 Å². The van der Waals surface area contributed by atoms with Crippen molar-refractivity contribution in [1.29, 1.82) is 0 Å². The molecule has 0 radical (unpaired) electrons. The Balaban J connectivity index is 2.61. The number of likely N-dealkylation sites (N-methyl/N-ethyl adjacent to an activating group) is 1. The molecule has 1 rings (SSSR count). The van der Waals surface area contributed by atoms with E-state index in [9.17, 15) is 9.59 Å². The number of thiophene rings is 1. The molecule has 0 unspecified atom stereocenters. The summed E-state index contributed by atoms with van der Waals surface area (Å²) < 4.78 is 0. The van der Waals surface area contributed by atoms with Crippen LogP contribution in [0.5, 0.6) is 0 Å². The van der Waals surface area contributed by atoms with Gasteiger partial charge >= 0.3 is 0 Å². The van der Waals surface area contributed by atoms with Crippen LogP contribution in [0.25, 0.3) is 6.08 Å². The minimum absolute atomic E-state index is 0.258. The number of carbonyl (C=O) groups excluding carboxylic acids is 2. The van der Waals surface area contributed by atoms with Gasteiger partial charge in [-0.15, -0.1) is 11.3 Å². The Kier molecular flexibility index (Phi) is 3.59.